The number of carboxylic acids is 1. The van der Waals surface area contributed by atoms with Crippen LogP contribution in [0.1, 0.15) is 39.0 Å². The second-order valence-corrected chi connectivity index (χ2v) is 7.00. The summed E-state index contributed by atoms with van der Waals surface area (Å²) >= 11 is 1.90. The molecule has 2 aliphatic rings. The summed E-state index contributed by atoms with van der Waals surface area (Å²) < 4.78 is 0. The Morgan fingerprint density at radius 1 is 1.15 bits per heavy atom. The fourth-order valence-electron chi connectivity index (χ4n) is 2.94. The number of carbonyl (C=O) groups is 2. The number of hydrogen-bond donors (Lipinski definition) is 2. The third-order valence-corrected chi connectivity index (χ3v) is 5.35. The molecule has 1 aliphatic carbocycles. The molecule has 0 aromatic rings. The van der Waals surface area contributed by atoms with Crippen molar-refractivity contribution >= 4 is 23.8 Å². The van der Waals surface area contributed by atoms with E-state index < -0.39 is 5.97 Å². The maximum absolute atomic E-state index is 12.3. The van der Waals surface area contributed by atoms with E-state index in [1.807, 2.05) is 16.7 Å². The third-order valence-electron chi connectivity index (χ3n) is 4.35. The smallest absolute Gasteiger partial charge is 0.317 e. The third kappa shape index (κ3) is 4.04. The molecule has 0 radical (unpaired) electrons. The van der Waals surface area contributed by atoms with Gasteiger partial charge in [-0.15, -0.1) is 0 Å². The standard InChI is InChI=1S/C14H24N2O3S/c1-10-6-8-20-9-7-16(10)14(19)15-12-4-2-11(3-5-12)13(17)18/h10-12H,2-9H2,1H3,(H,15,19)(H,17,18). The second kappa shape index (κ2) is 7.20. The molecule has 1 heterocycles. The average Bonchev–Trinajstić information content (AvgIpc) is 2.64. The molecule has 0 spiro atoms. The van der Waals surface area contributed by atoms with E-state index in [-0.39, 0.29) is 18.0 Å². The van der Waals surface area contributed by atoms with E-state index in [2.05, 4.69) is 12.2 Å². The van der Waals surface area contributed by atoms with Crippen molar-refractivity contribution in [1.29, 1.82) is 0 Å². The quantitative estimate of drug-likeness (QED) is 0.820. The van der Waals surface area contributed by atoms with Crippen molar-refractivity contribution in [2.45, 2.75) is 51.1 Å². The lowest BCUT2D eigenvalue weighted by Crippen LogP contribution is -2.49. The minimum absolute atomic E-state index is 0.0266. The summed E-state index contributed by atoms with van der Waals surface area (Å²) in [6.07, 6.45) is 3.95. The van der Waals surface area contributed by atoms with Crippen LogP contribution in [-0.2, 0) is 4.79 Å². The summed E-state index contributed by atoms with van der Waals surface area (Å²) in [5.74, 6) is 1.20. The normalized spacial score (nSPS) is 31.4. The molecule has 5 nitrogen and oxygen atoms in total. The SMILES string of the molecule is CC1CCSCCN1C(=O)NC1CCC(C(=O)O)CC1. The zero-order valence-electron chi connectivity index (χ0n) is 12.0. The first-order valence-electron chi connectivity index (χ1n) is 7.45. The number of hydrogen-bond acceptors (Lipinski definition) is 3. The van der Waals surface area contributed by atoms with E-state index in [0.717, 1.165) is 37.3 Å². The van der Waals surface area contributed by atoms with E-state index in [9.17, 15) is 9.59 Å². The summed E-state index contributed by atoms with van der Waals surface area (Å²) in [6.45, 7) is 2.91. The van der Waals surface area contributed by atoms with Crippen LogP contribution in [0.5, 0.6) is 0 Å². The van der Waals surface area contributed by atoms with Gasteiger partial charge >= 0.3 is 12.0 Å². The van der Waals surface area contributed by atoms with E-state index in [1.54, 1.807) is 0 Å². The van der Waals surface area contributed by atoms with Crippen LogP contribution in [0.4, 0.5) is 4.79 Å². The van der Waals surface area contributed by atoms with Crippen molar-refractivity contribution in [2.75, 3.05) is 18.1 Å². The van der Waals surface area contributed by atoms with Crippen molar-refractivity contribution in [3.05, 3.63) is 0 Å². The van der Waals surface area contributed by atoms with Crippen molar-refractivity contribution in [2.24, 2.45) is 5.92 Å². The fraction of sp³-hybridized carbons (Fsp3) is 0.857. The maximum atomic E-state index is 12.3. The zero-order chi connectivity index (χ0) is 14.5. The fourth-order valence-corrected chi connectivity index (χ4v) is 3.98. The molecular weight excluding hydrogens is 276 g/mol. The number of amides is 2. The summed E-state index contributed by atoms with van der Waals surface area (Å²) in [4.78, 5) is 25.2. The largest absolute Gasteiger partial charge is 0.481 e. The van der Waals surface area contributed by atoms with Gasteiger partial charge in [-0.25, -0.2) is 4.79 Å². The van der Waals surface area contributed by atoms with Gasteiger partial charge in [-0.2, -0.15) is 11.8 Å². The minimum atomic E-state index is -0.701. The number of carbonyl (C=O) groups excluding carboxylic acids is 1. The molecule has 1 unspecified atom stereocenters. The van der Waals surface area contributed by atoms with Gasteiger partial charge in [0.2, 0.25) is 0 Å². The van der Waals surface area contributed by atoms with Crippen molar-refractivity contribution < 1.29 is 14.7 Å². The van der Waals surface area contributed by atoms with E-state index in [4.69, 9.17) is 5.11 Å². The van der Waals surface area contributed by atoms with Gasteiger partial charge in [0.15, 0.2) is 0 Å². The van der Waals surface area contributed by atoms with Gasteiger partial charge in [-0.1, -0.05) is 0 Å². The molecule has 1 saturated heterocycles. The molecular formula is C14H24N2O3S. The molecule has 0 aromatic heterocycles. The second-order valence-electron chi connectivity index (χ2n) is 5.78. The van der Waals surface area contributed by atoms with Crippen LogP contribution in [0, 0.1) is 5.92 Å². The predicted molar refractivity (Wildman–Crippen MR) is 80.0 cm³/mol. The van der Waals surface area contributed by atoms with Crippen LogP contribution < -0.4 is 5.32 Å². The van der Waals surface area contributed by atoms with Gasteiger partial charge in [-0.3, -0.25) is 4.79 Å². The van der Waals surface area contributed by atoms with Crippen molar-refractivity contribution in [1.82, 2.24) is 10.2 Å². The van der Waals surface area contributed by atoms with Crippen LogP contribution in [0.25, 0.3) is 0 Å². The van der Waals surface area contributed by atoms with E-state index in [0.29, 0.717) is 18.9 Å². The average molecular weight is 300 g/mol. The first kappa shape index (κ1) is 15.5. The topological polar surface area (TPSA) is 69.6 Å². The molecule has 2 fully saturated rings. The highest BCUT2D eigenvalue weighted by atomic mass is 32.2. The van der Waals surface area contributed by atoms with Crippen LogP contribution in [0.2, 0.25) is 0 Å². The minimum Gasteiger partial charge on any atom is -0.481 e. The van der Waals surface area contributed by atoms with Gasteiger partial charge < -0.3 is 15.3 Å². The Labute approximate surface area is 124 Å². The number of aliphatic carboxylic acids is 1. The molecule has 2 rings (SSSR count). The highest BCUT2D eigenvalue weighted by Gasteiger charge is 2.29. The van der Waals surface area contributed by atoms with Crippen molar-refractivity contribution in [3.8, 4) is 0 Å². The Morgan fingerprint density at radius 2 is 1.85 bits per heavy atom. The summed E-state index contributed by atoms with van der Waals surface area (Å²) in [5, 5.41) is 12.1. The number of rotatable bonds is 2. The summed E-state index contributed by atoms with van der Waals surface area (Å²) in [5.41, 5.74) is 0. The molecule has 1 atom stereocenters. The first-order chi connectivity index (χ1) is 9.58. The number of urea groups is 1. The summed E-state index contributed by atoms with van der Waals surface area (Å²) in [7, 11) is 0. The first-order valence-corrected chi connectivity index (χ1v) is 8.61. The molecule has 2 N–H and O–H groups in total. The van der Waals surface area contributed by atoms with Crippen molar-refractivity contribution in [3.63, 3.8) is 0 Å². The van der Waals surface area contributed by atoms with Gasteiger partial charge in [0.05, 0.1) is 5.92 Å². The van der Waals surface area contributed by atoms with Crippen LogP contribution in [-0.4, -0.2) is 52.1 Å². The monoisotopic (exact) mass is 300 g/mol. The van der Waals surface area contributed by atoms with Crippen LogP contribution in [0.15, 0.2) is 0 Å². The number of carboxylic acid groups (broad SMARTS) is 1. The van der Waals surface area contributed by atoms with E-state index >= 15 is 0 Å². The molecule has 6 heteroatoms. The van der Waals surface area contributed by atoms with E-state index in [1.165, 1.54) is 0 Å². The lowest BCUT2D eigenvalue weighted by Gasteiger charge is -2.32. The zero-order valence-corrected chi connectivity index (χ0v) is 12.8. The Morgan fingerprint density at radius 3 is 2.50 bits per heavy atom. The Kier molecular flexibility index (Phi) is 5.57. The number of thioether (sulfide) groups is 1. The maximum Gasteiger partial charge on any atom is 0.317 e. The molecule has 114 valence electrons. The lowest BCUT2D eigenvalue weighted by atomic mass is 9.86. The molecule has 1 saturated carbocycles. The molecule has 0 bridgehead atoms. The number of nitrogens with one attached hydrogen (secondary N) is 1. The van der Waals surface area contributed by atoms with Crippen LogP contribution >= 0.6 is 11.8 Å². The van der Waals surface area contributed by atoms with Gasteiger partial charge in [0.25, 0.3) is 0 Å². The predicted octanol–water partition coefficient (Wildman–Crippen LogP) is 2.17. The molecule has 20 heavy (non-hydrogen) atoms. The van der Waals surface area contributed by atoms with Crippen LogP contribution in [0.3, 0.4) is 0 Å². The Bertz CT molecular complexity index is 356. The van der Waals surface area contributed by atoms with Gasteiger partial charge in [-0.05, 0) is 44.8 Å². The number of nitrogens with zero attached hydrogens (tertiary/aromatic N) is 1. The molecule has 0 aromatic carbocycles. The highest BCUT2D eigenvalue weighted by Crippen LogP contribution is 2.25. The molecule has 2 amide bonds. The summed E-state index contributed by atoms with van der Waals surface area (Å²) in [6, 6.07) is 0.459. The molecule has 1 aliphatic heterocycles. The highest BCUT2D eigenvalue weighted by molar-refractivity contribution is 7.99. The Balaban J connectivity index is 1.81. The van der Waals surface area contributed by atoms with Gasteiger partial charge in [0.1, 0.15) is 0 Å². The Hall–Kier alpha value is -0.910. The lowest BCUT2D eigenvalue weighted by molar-refractivity contribution is -0.142. The van der Waals surface area contributed by atoms with Gasteiger partial charge in [0, 0.05) is 24.4 Å².